The van der Waals surface area contributed by atoms with Gasteiger partial charge in [0.25, 0.3) is 11.7 Å². The molecule has 2 amide bonds. The molecule has 1 aliphatic rings. The predicted octanol–water partition coefficient (Wildman–Crippen LogP) is 2.79. The molecule has 0 atom stereocenters. The summed E-state index contributed by atoms with van der Waals surface area (Å²) in [7, 11) is 0. The van der Waals surface area contributed by atoms with E-state index in [4.69, 9.17) is 16.3 Å². The Labute approximate surface area is 159 Å². The molecule has 2 aromatic rings. The number of nitrogens with one attached hydrogen (secondary N) is 1. The number of fused-ring (bicyclic) bond motifs is 1. The summed E-state index contributed by atoms with van der Waals surface area (Å²) < 4.78 is 5.59. The van der Waals surface area contributed by atoms with Crippen molar-refractivity contribution in [2.45, 2.75) is 19.4 Å². The van der Waals surface area contributed by atoms with Gasteiger partial charge in [0, 0.05) is 6.07 Å². The standard InChI is InChI=1S/C17H15ClN4O5/c1-17(2)16(24)21(9-14(23)19-11-6-4-3-5-10(11)18)15-12(27-17)7-8-13(20-15)22(25)26/h3-8H,9H2,1-2H3,(H,19,23). The summed E-state index contributed by atoms with van der Waals surface area (Å²) in [5.41, 5.74) is -0.869. The quantitative estimate of drug-likeness (QED) is 0.634. The second-order valence-electron chi connectivity index (χ2n) is 6.28. The highest BCUT2D eigenvalue weighted by Crippen LogP contribution is 2.37. The average molecular weight is 391 g/mol. The number of benzene rings is 1. The second kappa shape index (κ2) is 6.84. The average Bonchev–Trinajstić information content (AvgIpc) is 2.60. The second-order valence-corrected chi connectivity index (χ2v) is 6.69. The van der Waals surface area contributed by atoms with Crippen LogP contribution in [0.25, 0.3) is 0 Å². The van der Waals surface area contributed by atoms with Crippen LogP contribution in [0.5, 0.6) is 5.75 Å². The van der Waals surface area contributed by atoms with E-state index in [1.54, 1.807) is 38.1 Å². The Balaban J connectivity index is 1.92. The van der Waals surface area contributed by atoms with Gasteiger partial charge in [0.1, 0.15) is 6.54 Å². The van der Waals surface area contributed by atoms with Gasteiger partial charge in [-0.2, -0.15) is 0 Å². The van der Waals surface area contributed by atoms with E-state index >= 15 is 0 Å². The fourth-order valence-corrected chi connectivity index (χ4v) is 2.77. The van der Waals surface area contributed by atoms with Crippen LogP contribution in [0.2, 0.25) is 5.02 Å². The van der Waals surface area contributed by atoms with Crippen LogP contribution in [0.1, 0.15) is 13.8 Å². The number of hydrogen-bond acceptors (Lipinski definition) is 6. The van der Waals surface area contributed by atoms with Crippen molar-refractivity contribution in [2.24, 2.45) is 0 Å². The molecule has 0 unspecified atom stereocenters. The van der Waals surface area contributed by atoms with E-state index in [0.29, 0.717) is 10.7 Å². The lowest BCUT2D eigenvalue weighted by molar-refractivity contribution is -0.389. The van der Waals surface area contributed by atoms with Crippen LogP contribution in [-0.4, -0.2) is 33.9 Å². The fourth-order valence-electron chi connectivity index (χ4n) is 2.58. The van der Waals surface area contributed by atoms with Crippen LogP contribution >= 0.6 is 11.6 Å². The number of anilines is 2. The molecule has 140 valence electrons. The molecule has 0 fully saturated rings. The molecule has 0 aliphatic carbocycles. The molecule has 0 bridgehead atoms. The van der Waals surface area contributed by atoms with E-state index in [2.05, 4.69) is 10.3 Å². The smallest absolute Gasteiger partial charge is 0.366 e. The van der Waals surface area contributed by atoms with E-state index < -0.39 is 34.7 Å². The summed E-state index contributed by atoms with van der Waals surface area (Å²) in [6, 6.07) is 9.17. The maximum atomic E-state index is 12.7. The molecule has 0 saturated heterocycles. The van der Waals surface area contributed by atoms with Crippen molar-refractivity contribution in [1.29, 1.82) is 0 Å². The molecule has 2 heterocycles. The van der Waals surface area contributed by atoms with E-state index in [9.17, 15) is 19.7 Å². The number of nitrogens with zero attached hydrogens (tertiary/aromatic N) is 3. The van der Waals surface area contributed by atoms with Crippen LogP contribution in [0, 0.1) is 10.1 Å². The molecule has 27 heavy (non-hydrogen) atoms. The minimum absolute atomic E-state index is 0.0807. The third-order valence-corrected chi connectivity index (χ3v) is 4.17. The Morgan fingerprint density at radius 3 is 2.70 bits per heavy atom. The van der Waals surface area contributed by atoms with Gasteiger partial charge in [-0.15, -0.1) is 0 Å². The van der Waals surface area contributed by atoms with Gasteiger partial charge < -0.3 is 20.2 Å². The zero-order valence-electron chi connectivity index (χ0n) is 14.4. The first kappa shape index (κ1) is 18.6. The third-order valence-electron chi connectivity index (χ3n) is 3.84. The topological polar surface area (TPSA) is 115 Å². The SMILES string of the molecule is CC1(C)Oc2ccc([N+](=O)[O-])nc2N(CC(=O)Nc2ccccc2Cl)C1=O. The molecular formula is C17H15ClN4O5. The molecule has 10 heteroatoms. The van der Waals surface area contributed by atoms with Crippen molar-refractivity contribution < 1.29 is 19.2 Å². The van der Waals surface area contributed by atoms with Gasteiger partial charge >= 0.3 is 5.82 Å². The predicted molar refractivity (Wildman–Crippen MR) is 98.0 cm³/mol. The Bertz CT molecular complexity index is 947. The van der Waals surface area contributed by atoms with Crippen molar-refractivity contribution in [3.8, 4) is 5.75 Å². The zero-order valence-corrected chi connectivity index (χ0v) is 15.2. The number of nitro groups is 1. The van der Waals surface area contributed by atoms with Crippen molar-refractivity contribution in [3.63, 3.8) is 0 Å². The number of carbonyl (C=O) groups excluding carboxylic acids is 2. The normalized spacial score (nSPS) is 14.9. The first-order valence-corrected chi connectivity index (χ1v) is 8.27. The van der Waals surface area contributed by atoms with Crippen molar-refractivity contribution in [1.82, 2.24) is 4.98 Å². The summed E-state index contributed by atoms with van der Waals surface area (Å²) in [6.07, 6.45) is 0. The number of amides is 2. The van der Waals surface area contributed by atoms with Crippen LogP contribution < -0.4 is 15.0 Å². The molecule has 1 aromatic heterocycles. The summed E-state index contributed by atoms with van der Waals surface area (Å²) in [5.74, 6) is -1.44. The van der Waals surface area contributed by atoms with E-state index in [1.165, 1.54) is 12.1 Å². The van der Waals surface area contributed by atoms with Crippen LogP contribution in [-0.2, 0) is 9.59 Å². The zero-order chi connectivity index (χ0) is 19.8. The van der Waals surface area contributed by atoms with Gasteiger partial charge in [-0.25, -0.2) is 0 Å². The lowest BCUT2D eigenvalue weighted by atomic mass is 10.1. The molecule has 0 spiro atoms. The summed E-state index contributed by atoms with van der Waals surface area (Å²) in [5, 5.41) is 14.0. The van der Waals surface area contributed by atoms with Crippen LogP contribution in [0.3, 0.4) is 0 Å². The van der Waals surface area contributed by atoms with Gasteiger partial charge in [-0.05, 0) is 42.0 Å². The molecule has 9 nitrogen and oxygen atoms in total. The highest BCUT2D eigenvalue weighted by Gasteiger charge is 2.45. The van der Waals surface area contributed by atoms with Gasteiger partial charge in [0.15, 0.2) is 11.4 Å². The maximum absolute atomic E-state index is 12.7. The number of carbonyl (C=O) groups is 2. The minimum atomic E-state index is -1.25. The van der Waals surface area contributed by atoms with Crippen LogP contribution in [0.4, 0.5) is 17.3 Å². The van der Waals surface area contributed by atoms with Gasteiger partial charge in [0.05, 0.1) is 10.7 Å². The number of halogens is 1. The van der Waals surface area contributed by atoms with E-state index in [0.717, 1.165) is 4.90 Å². The first-order valence-electron chi connectivity index (χ1n) is 7.90. The lowest BCUT2D eigenvalue weighted by Crippen LogP contribution is -2.54. The molecule has 1 N–H and O–H groups in total. The number of aromatic nitrogens is 1. The molecule has 0 saturated carbocycles. The van der Waals surface area contributed by atoms with E-state index in [-0.39, 0.29) is 11.6 Å². The summed E-state index contributed by atoms with van der Waals surface area (Å²) in [4.78, 5) is 40.4. The number of ether oxygens (including phenoxy) is 1. The van der Waals surface area contributed by atoms with Gasteiger partial charge in [0.2, 0.25) is 5.91 Å². The highest BCUT2D eigenvalue weighted by molar-refractivity contribution is 6.33. The maximum Gasteiger partial charge on any atom is 0.366 e. The highest BCUT2D eigenvalue weighted by atomic mass is 35.5. The van der Waals surface area contributed by atoms with Crippen molar-refractivity contribution in [2.75, 3.05) is 16.8 Å². The molecule has 1 aliphatic heterocycles. The van der Waals surface area contributed by atoms with E-state index in [1.807, 2.05) is 0 Å². The Morgan fingerprint density at radius 1 is 1.33 bits per heavy atom. The number of para-hydroxylation sites is 1. The fraction of sp³-hybridized carbons (Fsp3) is 0.235. The summed E-state index contributed by atoms with van der Waals surface area (Å²) >= 11 is 6.02. The molecule has 1 aromatic carbocycles. The summed E-state index contributed by atoms with van der Waals surface area (Å²) in [6.45, 7) is 2.68. The number of pyridine rings is 1. The monoisotopic (exact) mass is 390 g/mol. The van der Waals surface area contributed by atoms with Crippen molar-refractivity contribution >= 4 is 40.7 Å². The Kier molecular flexibility index (Phi) is 4.71. The molecular weight excluding hydrogens is 376 g/mol. The van der Waals surface area contributed by atoms with Gasteiger partial charge in [-0.1, -0.05) is 23.7 Å². The minimum Gasteiger partial charge on any atom is -0.472 e. The van der Waals surface area contributed by atoms with Crippen molar-refractivity contribution in [3.05, 3.63) is 51.5 Å². The number of rotatable bonds is 4. The first-order chi connectivity index (χ1) is 12.7. The Morgan fingerprint density at radius 2 is 2.04 bits per heavy atom. The Hall–Kier alpha value is -3.20. The van der Waals surface area contributed by atoms with Crippen LogP contribution in [0.15, 0.2) is 36.4 Å². The number of hydrogen-bond donors (Lipinski definition) is 1. The van der Waals surface area contributed by atoms with Gasteiger partial charge in [-0.3, -0.25) is 14.5 Å². The molecule has 0 radical (unpaired) electrons. The third kappa shape index (κ3) is 3.68. The molecule has 3 rings (SSSR count). The lowest BCUT2D eigenvalue weighted by Gasteiger charge is -2.35. The largest absolute Gasteiger partial charge is 0.472 e.